The van der Waals surface area contributed by atoms with E-state index < -0.39 is 24.6 Å². The molecular formula is C17H14Cl2F2N4O2. The number of hydrogen-bond acceptors (Lipinski definition) is 4. The summed E-state index contributed by atoms with van der Waals surface area (Å²) in [5, 5.41) is 3.61. The normalized spacial score (nSPS) is 19.1. The molecule has 1 aliphatic rings. The minimum absolute atomic E-state index is 0.130. The maximum Gasteiger partial charge on any atom is 0.336 e. The number of anilines is 1. The monoisotopic (exact) mass is 414 g/mol. The molecule has 6 nitrogen and oxygen atoms in total. The fourth-order valence-electron chi connectivity index (χ4n) is 2.52. The van der Waals surface area contributed by atoms with E-state index in [9.17, 15) is 13.6 Å². The van der Waals surface area contributed by atoms with E-state index in [0.717, 1.165) is 0 Å². The highest BCUT2D eigenvalue weighted by Crippen LogP contribution is 2.46. The van der Waals surface area contributed by atoms with E-state index in [1.54, 1.807) is 24.3 Å². The van der Waals surface area contributed by atoms with Crippen LogP contribution in [0.3, 0.4) is 0 Å². The summed E-state index contributed by atoms with van der Waals surface area (Å²) in [6.07, 6.45) is 1.53. The van der Waals surface area contributed by atoms with Crippen LogP contribution in [0.2, 0.25) is 10.0 Å². The smallest absolute Gasteiger partial charge is 0.336 e. The minimum atomic E-state index is -2.93. The quantitative estimate of drug-likeness (QED) is 0.438. The van der Waals surface area contributed by atoms with Gasteiger partial charge in [-0.05, 0) is 42.3 Å². The summed E-state index contributed by atoms with van der Waals surface area (Å²) in [4.78, 5) is 19.0. The Kier molecular flexibility index (Phi) is 5.76. The number of amidine groups is 1. The maximum absolute atomic E-state index is 12.2. The Balaban J connectivity index is 1.68. The van der Waals surface area contributed by atoms with Crippen molar-refractivity contribution < 1.29 is 18.3 Å². The number of carbonyl (C=O) groups excluding carboxylic acids is 1. The number of nitrogens with one attached hydrogen (secondary N) is 1. The molecule has 3 N–H and O–H groups in total. The highest BCUT2D eigenvalue weighted by atomic mass is 35.5. The molecular weight excluding hydrogens is 401 g/mol. The van der Waals surface area contributed by atoms with Crippen molar-refractivity contribution in [1.29, 1.82) is 0 Å². The number of alkyl halides is 2. The molecule has 2 atom stereocenters. The molecule has 1 saturated carbocycles. The standard InChI is InChI=1S/C17H14Cl2F2N4O2/c18-8-1-4-13(23-7-8)15(26)24-9-2-3-12(19)10(5-9)11-6-14(11)27-17(22)25-16(20)21/h1-5,7,11,14,16H,6H2,(H2,22,25)(H,24,26)/t11-,14-/m1/s1. The average molecular weight is 415 g/mol. The van der Waals surface area contributed by atoms with Crippen molar-refractivity contribution in [3.05, 3.63) is 57.8 Å². The lowest BCUT2D eigenvalue weighted by Gasteiger charge is -2.10. The van der Waals surface area contributed by atoms with Gasteiger partial charge in [0.25, 0.3) is 11.9 Å². The summed E-state index contributed by atoms with van der Waals surface area (Å²) < 4.78 is 29.5. The first-order chi connectivity index (χ1) is 12.8. The summed E-state index contributed by atoms with van der Waals surface area (Å²) in [5.41, 5.74) is 6.74. The summed E-state index contributed by atoms with van der Waals surface area (Å²) in [6, 6.07) is 7.48. The Morgan fingerprint density at radius 2 is 2.11 bits per heavy atom. The SMILES string of the molecule is NC(=NC(F)F)O[C@@H]1C[C@@H]1c1cc(NC(=O)c2ccc(Cl)cn2)ccc1Cl. The second-order valence-electron chi connectivity index (χ2n) is 5.80. The molecule has 142 valence electrons. The van der Waals surface area contributed by atoms with Crippen molar-refractivity contribution in [2.45, 2.75) is 25.0 Å². The Bertz CT molecular complexity index is 878. The lowest BCUT2D eigenvalue weighted by atomic mass is 10.1. The number of ether oxygens (including phenoxy) is 1. The Morgan fingerprint density at radius 3 is 2.78 bits per heavy atom. The average Bonchev–Trinajstić information content (AvgIpc) is 3.35. The molecule has 0 aliphatic heterocycles. The first-order valence-electron chi connectivity index (χ1n) is 7.84. The molecule has 1 fully saturated rings. The van der Waals surface area contributed by atoms with Crippen molar-refractivity contribution in [1.82, 2.24) is 4.98 Å². The number of carbonyl (C=O) groups is 1. The first-order valence-corrected chi connectivity index (χ1v) is 8.59. The number of nitrogens with zero attached hydrogens (tertiary/aromatic N) is 2. The van der Waals surface area contributed by atoms with Gasteiger partial charge >= 0.3 is 6.55 Å². The van der Waals surface area contributed by atoms with E-state index in [1.807, 2.05) is 0 Å². The van der Waals surface area contributed by atoms with E-state index in [2.05, 4.69) is 15.3 Å². The van der Waals surface area contributed by atoms with Crippen LogP contribution in [0, 0.1) is 0 Å². The van der Waals surface area contributed by atoms with Crippen LogP contribution in [0.5, 0.6) is 0 Å². The van der Waals surface area contributed by atoms with Crippen molar-refractivity contribution in [2.75, 3.05) is 5.32 Å². The van der Waals surface area contributed by atoms with Gasteiger partial charge in [0.2, 0.25) is 0 Å². The third-order valence-corrected chi connectivity index (χ3v) is 4.41. The number of aromatic nitrogens is 1. The van der Waals surface area contributed by atoms with Gasteiger partial charge in [-0.25, -0.2) is 4.98 Å². The van der Waals surface area contributed by atoms with Crippen LogP contribution >= 0.6 is 23.2 Å². The summed E-state index contributed by atoms with van der Waals surface area (Å²) >= 11 is 12.0. The topological polar surface area (TPSA) is 89.6 Å². The van der Waals surface area contributed by atoms with E-state index in [4.69, 9.17) is 33.7 Å². The molecule has 1 aromatic carbocycles. The molecule has 0 radical (unpaired) electrons. The predicted octanol–water partition coefficient (Wildman–Crippen LogP) is 4.05. The number of aliphatic imine (C=N–C) groups is 1. The molecule has 0 bridgehead atoms. The third kappa shape index (κ3) is 5.05. The number of pyridine rings is 1. The zero-order valence-electron chi connectivity index (χ0n) is 13.7. The number of rotatable bonds is 5. The second kappa shape index (κ2) is 8.06. The van der Waals surface area contributed by atoms with Crippen molar-refractivity contribution in [3.8, 4) is 0 Å². The molecule has 3 rings (SSSR count). The highest BCUT2D eigenvalue weighted by molar-refractivity contribution is 6.31. The van der Waals surface area contributed by atoms with E-state index in [0.29, 0.717) is 27.7 Å². The van der Waals surface area contributed by atoms with Crippen LogP contribution < -0.4 is 11.1 Å². The number of halogens is 4. The molecule has 10 heteroatoms. The van der Waals surface area contributed by atoms with Crippen LogP contribution in [-0.4, -0.2) is 29.6 Å². The zero-order valence-corrected chi connectivity index (χ0v) is 15.2. The molecule has 0 saturated heterocycles. The van der Waals surface area contributed by atoms with Gasteiger partial charge in [-0.15, -0.1) is 0 Å². The highest BCUT2D eigenvalue weighted by Gasteiger charge is 2.42. The Labute approximate surface area is 163 Å². The minimum Gasteiger partial charge on any atom is -0.461 e. The van der Waals surface area contributed by atoms with Gasteiger partial charge < -0.3 is 15.8 Å². The van der Waals surface area contributed by atoms with Crippen LogP contribution in [0.4, 0.5) is 14.5 Å². The molecule has 2 aromatic rings. The molecule has 1 aliphatic carbocycles. The molecule has 0 unspecified atom stereocenters. The van der Waals surface area contributed by atoms with Crippen molar-refractivity contribution >= 4 is 40.8 Å². The number of benzene rings is 1. The zero-order chi connectivity index (χ0) is 19.6. The predicted molar refractivity (Wildman–Crippen MR) is 98.5 cm³/mol. The van der Waals surface area contributed by atoms with Gasteiger partial charge in [0.15, 0.2) is 0 Å². The number of hydrogen-bond donors (Lipinski definition) is 2. The van der Waals surface area contributed by atoms with E-state index >= 15 is 0 Å². The Morgan fingerprint density at radius 1 is 1.33 bits per heavy atom. The fourth-order valence-corrected chi connectivity index (χ4v) is 2.89. The molecule has 1 aromatic heterocycles. The third-order valence-electron chi connectivity index (χ3n) is 3.84. The summed E-state index contributed by atoms with van der Waals surface area (Å²) in [5.74, 6) is -0.536. The second-order valence-corrected chi connectivity index (χ2v) is 6.64. The molecule has 27 heavy (non-hydrogen) atoms. The van der Waals surface area contributed by atoms with Crippen molar-refractivity contribution in [2.24, 2.45) is 10.7 Å². The number of nitrogens with two attached hydrogens (primary N) is 1. The van der Waals surface area contributed by atoms with Gasteiger partial charge in [0.05, 0.1) is 5.02 Å². The fraction of sp³-hybridized carbons (Fsp3) is 0.235. The van der Waals surface area contributed by atoms with Crippen LogP contribution in [0.25, 0.3) is 0 Å². The van der Waals surface area contributed by atoms with Gasteiger partial charge in [0, 0.05) is 22.8 Å². The first kappa shape index (κ1) is 19.3. The Hall–Kier alpha value is -2.45. The van der Waals surface area contributed by atoms with E-state index in [1.165, 1.54) is 12.3 Å². The van der Waals surface area contributed by atoms with Gasteiger partial charge in [-0.2, -0.15) is 13.8 Å². The molecule has 1 amide bonds. The van der Waals surface area contributed by atoms with Gasteiger partial charge in [-0.1, -0.05) is 23.2 Å². The largest absolute Gasteiger partial charge is 0.461 e. The summed E-state index contributed by atoms with van der Waals surface area (Å²) in [6.45, 7) is -2.93. The lowest BCUT2D eigenvalue weighted by molar-refractivity contribution is 0.102. The molecule has 1 heterocycles. The lowest BCUT2D eigenvalue weighted by Crippen LogP contribution is -2.19. The van der Waals surface area contributed by atoms with Crippen LogP contribution in [0.15, 0.2) is 41.5 Å². The van der Waals surface area contributed by atoms with Crippen LogP contribution in [-0.2, 0) is 4.74 Å². The van der Waals surface area contributed by atoms with Crippen LogP contribution in [0.1, 0.15) is 28.4 Å². The van der Waals surface area contributed by atoms with Crippen molar-refractivity contribution in [3.63, 3.8) is 0 Å². The number of amides is 1. The molecule has 0 spiro atoms. The van der Waals surface area contributed by atoms with Gasteiger partial charge in [-0.3, -0.25) is 4.79 Å². The summed E-state index contributed by atoms with van der Waals surface area (Å²) in [7, 11) is 0. The van der Waals surface area contributed by atoms with Gasteiger partial charge in [0.1, 0.15) is 11.8 Å². The van der Waals surface area contributed by atoms with E-state index in [-0.39, 0.29) is 11.6 Å². The maximum atomic E-state index is 12.2.